The maximum Gasteiger partial charge on any atom is 0.265 e. The van der Waals surface area contributed by atoms with Crippen LogP contribution in [-0.2, 0) is 16.4 Å². The SMILES string of the molecule is CCc1cc(-c2sc(NS(=O)(=O)c3ccccc3Cl)nc2C)cc2cnc(NC3CCCCC3)nc12. The molecule has 0 radical (unpaired) electrons. The van der Waals surface area contributed by atoms with Gasteiger partial charge in [-0.2, -0.15) is 0 Å². The molecule has 2 aromatic carbocycles. The van der Waals surface area contributed by atoms with Crippen molar-refractivity contribution in [1.29, 1.82) is 0 Å². The van der Waals surface area contributed by atoms with E-state index < -0.39 is 10.0 Å². The molecule has 10 heteroatoms. The maximum atomic E-state index is 12.9. The monoisotopic (exact) mass is 541 g/mol. The average Bonchev–Trinajstić information content (AvgIpc) is 3.23. The van der Waals surface area contributed by atoms with Crippen LogP contribution in [0, 0.1) is 6.92 Å². The van der Waals surface area contributed by atoms with Crippen LogP contribution in [0.15, 0.2) is 47.5 Å². The fraction of sp³-hybridized carbons (Fsp3) is 0.346. The molecule has 1 aliphatic carbocycles. The lowest BCUT2D eigenvalue weighted by atomic mass is 9.96. The Balaban J connectivity index is 1.45. The van der Waals surface area contributed by atoms with Gasteiger partial charge in [-0.3, -0.25) is 4.72 Å². The molecule has 0 aliphatic heterocycles. The van der Waals surface area contributed by atoms with E-state index in [0.717, 1.165) is 51.9 Å². The zero-order valence-electron chi connectivity index (χ0n) is 20.2. The van der Waals surface area contributed by atoms with Gasteiger partial charge in [0, 0.05) is 17.6 Å². The van der Waals surface area contributed by atoms with E-state index >= 15 is 0 Å². The van der Waals surface area contributed by atoms with Crippen LogP contribution < -0.4 is 10.0 Å². The lowest BCUT2D eigenvalue weighted by Gasteiger charge is -2.22. The molecule has 0 amide bonds. The number of sulfonamides is 1. The molecule has 0 atom stereocenters. The Kier molecular flexibility index (Phi) is 7.14. The number of aryl methyl sites for hydroxylation is 2. The number of aromatic nitrogens is 3. The van der Waals surface area contributed by atoms with Gasteiger partial charge in [-0.15, -0.1) is 0 Å². The number of halogens is 1. The summed E-state index contributed by atoms with van der Waals surface area (Å²) >= 11 is 7.41. The summed E-state index contributed by atoms with van der Waals surface area (Å²) in [5.74, 6) is 0.682. The first kappa shape index (κ1) is 24.9. The molecule has 4 aromatic rings. The minimum Gasteiger partial charge on any atom is -0.351 e. The lowest BCUT2D eigenvalue weighted by molar-refractivity contribution is 0.461. The molecule has 0 saturated heterocycles. The second kappa shape index (κ2) is 10.3. The van der Waals surface area contributed by atoms with Crippen molar-refractivity contribution in [2.45, 2.75) is 63.3 Å². The van der Waals surface area contributed by atoms with Crippen molar-refractivity contribution in [2.24, 2.45) is 0 Å². The Morgan fingerprint density at radius 1 is 1.11 bits per heavy atom. The van der Waals surface area contributed by atoms with Crippen molar-refractivity contribution in [3.05, 3.63) is 58.9 Å². The fourth-order valence-electron chi connectivity index (χ4n) is 4.66. The second-order valence-corrected chi connectivity index (χ2v) is 12.1. The van der Waals surface area contributed by atoms with Gasteiger partial charge in [-0.05, 0) is 61.6 Å². The molecule has 1 fully saturated rings. The molecular formula is C26H28ClN5O2S2. The largest absolute Gasteiger partial charge is 0.351 e. The van der Waals surface area contributed by atoms with Crippen LogP contribution in [0.5, 0.6) is 0 Å². The highest BCUT2D eigenvalue weighted by Crippen LogP contribution is 2.37. The van der Waals surface area contributed by atoms with Gasteiger partial charge in [-0.25, -0.2) is 23.4 Å². The molecule has 2 heterocycles. The van der Waals surface area contributed by atoms with Gasteiger partial charge in [0.15, 0.2) is 5.13 Å². The zero-order valence-corrected chi connectivity index (χ0v) is 22.6. The minimum atomic E-state index is -3.86. The number of fused-ring (bicyclic) bond motifs is 1. The van der Waals surface area contributed by atoms with Gasteiger partial charge in [0.1, 0.15) is 4.90 Å². The molecule has 7 nitrogen and oxygen atoms in total. The number of hydrogen-bond acceptors (Lipinski definition) is 7. The van der Waals surface area contributed by atoms with Crippen molar-refractivity contribution in [2.75, 3.05) is 10.0 Å². The smallest absolute Gasteiger partial charge is 0.265 e. The number of rotatable bonds is 7. The molecule has 36 heavy (non-hydrogen) atoms. The highest BCUT2D eigenvalue weighted by atomic mass is 35.5. The summed E-state index contributed by atoms with van der Waals surface area (Å²) in [4.78, 5) is 14.8. The van der Waals surface area contributed by atoms with Crippen LogP contribution in [0.3, 0.4) is 0 Å². The normalized spacial score (nSPS) is 14.8. The summed E-state index contributed by atoms with van der Waals surface area (Å²) in [6, 6.07) is 11.0. The first-order valence-electron chi connectivity index (χ1n) is 12.2. The summed E-state index contributed by atoms with van der Waals surface area (Å²) in [7, 11) is -3.86. The van der Waals surface area contributed by atoms with Gasteiger partial charge < -0.3 is 5.32 Å². The number of anilines is 2. The van der Waals surface area contributed by atoms with E-state index in [2.05, 4.69) is 33.0 Å². The van der Waals surface area contributed by atoms with E-state index in [1.807, 2.05) is 19.2 Å². The fourth-order valence-corrected chi connectivity index (χ4v) is 7.37. The average molecular weight is 542 g/mol. The van der Waals surface area contributed by atoms with Crippen LogP contribution >= 0.6 is 22.9 Å². The van der Waals surface area contributed by atoms with Crippen molar-refractivity contribution < 1.29 is 8.42 Å². The van der Waals surface area contributed by atoms with E-state index in [1.54, 1.807) is 18.2 Å². The van der Waals surface area contributed by atoms with Gasteiger partial charge in [-0.1, -0.05) is 61.3 Å². The molecule has 0 bridgehead atoms. The number of hydrogen-bond donors (Lipinski definition) is 2. The topological polar surface area (TPSA) is 96.9 Å². The van der Waals surface area contributed by atoms with Crippen LogP contribution in [0.1, 0.15) is 50.3 Å². The summed E-state index contributed by atoms with van der Waals surface area (Å²) in [5, 5.41) is 4.93. The quantitative estimate of drug-likeness (QED) is 0.266. The third kappa shape index (κ3) is 5.19. The van der Waals surface area contributed by atoms with Crippen molar-refractivity contribution in [3.8, 4) is 10.4 Å². The van der Waals surface area contributed by atoms with Crippen LogP contribution in [0.2, 0.25) is 5.02 Å². The van der Waals surface area contributed by atoms with Crippen LogP contribution in [0.4, 0.5) is 11.1 Å². The van der Waals surface area contributed by atoms with Crippen LogP contribution in [0.25, 0.3) is 21.3 Å². The third-order valence-corrected chi connectivity index (χ3v) is 9.58. The van der Waals surface area contributed by atoms with Crippen molar-refractivity contribution in [1.82, 2.24) is 15.0 Å². The molecule has 0 spiro atoms. The summed E-state index contributed by atoms with van der Waals surface area (Å²) in [6.07, 6.45) is 8.81. The molecular weight excluding hydrogens is 514 g/mol. The predicted octanol–water partition coefficient (Wildman–Crippen LogP) is 6.82. The van der Waals surface area contributed by atoms with E-state index in [4.69, 9.17) is 16.6 Å². The van der Waals surface area contributed by atoms with Gasteiger partial charge in [0.05, 0.1) is 21.1 Å². The van der Waals surface area contributed by atoms with E-state index in [9.17, 15) is 8.42 Å². The molecule has 2 N–H and O–H groups in total. The highest BCUT2D eigenvalue weighted by Gasteiger charge is 2.21. The maximum absolute atomic E-state index is 12.9. The van der Waals surface area contributed by atoms with Gasteiger partial charge in [0.25, 0.3) is 10.0 Å². The minimum absolute atomic E-state index is 0.0230. The summed E-state index contributed by atoms with van der Waals surface area (Å²) < 4.78 is 28.3. The summed E-state index contributed by atoms with van der Waals surface area (Å²) in [5.41, 5.74) is 3.77. The Bertz CT molecular complexity index is 1510. The van der Waals surface area contributed by atoms with Gasteiger partial charge >= 0.3 is 0 Å². The first-order chi connectivity index (χ1) is 17.3. The molecule has 1 saturated carbocycles. The molecule has 5 rings (SSSR count). The number of benzene rings is 2. The van der Waals surface area contributed by atoms with Crippen molar-refractivity contribution >= 4 is 54.9 Å². The Morgan fingerprint density at radius 3 is 2.64 bits per heavy atom. The standard InChI is InChI=1S/C26H28ClN5O2S2/c1-3-17-13-18(14-19-15-28-25(31-23(17)19)30-20-9-5-4-6-10-20)24-16(2)29-26(35-24)32-36(33,34)22-12-8-7-11-21(22)27/h7-8,11-15,20H,3-6,9-10H2,1-2H3,(H,29,32)(H,28,30,31). The molecule has 0 unspecified atom stereocenters. The number of thiazole rings is 1. The summed E-state index contributed by atoms with van der Waals surface area (Å²) in [6.45, 7) is 3.99. The second-order valence-electron chi connectivity index (χ2n) is 9.07. The van der Waals surface area contributed by atoms with E-state index in [1.165, 1.54) is 36.7 Å². The lowest BCUT2D eigenvalue weighted by Crippen LogP contribution is -2.23. The van der Waals surface area contributed by atoms with E-state index in [0.29, 0.717) is 17.1 Å². The van der Waals surface area contributed by atoms with E-state index in [-0.39, 0.29) is 9.92 Å². The third-order valence-electron chi connectivity index (χ3n) is 6.49. The molecule has 1 aliphatic rings. The Hall–Kier alpha value is -2.75. The zero-order chi connectivity index (χ0) is 25.3. The number of nitrogens with zero attached hydrogens (tertiary/aromatic N) is 3. The van der Waals surface area contributed by atoms with Crippen LogP contribution in [-0.4, -0.2) is 29.4 Å². The predicted molar refractivity (Wildman–Crippen MR) is 148 cm³/mol. The molecule has 2 aromatic heterocycles. The number of nitrogens with one attached hydrogen (secondary N) is 2. The highest BCUT2D eigenvalue weighted by molar-refractivity contribution is 7.93. The first-order valence-corrected chi connectivity index (χ1v) is 14.8. The molecule has 188 valence electrons. The van der Waals surface area contributed by atoms with Gasteiger partial charge in [0.2, 0.25) is 5.95 Å². The van der Waals surface area contributed by atoms with Crippen molar-refractivity contribution in [3.63, 3.8) is 0 Å². The Labute approximate surface area is 220 Å². The Morgan fingerprint density at radius 2 is 1.89 bits per heavy atom.